The molecule has 1 aromatic carbocycles. The van der Waals surface area contributed by atoms with Gasteiger partial charge in [-0.2, -0.15) is 39.5 Å². The summed E-state index contributed by atoms with van der Waals surface area (Å²) < 4.78 is 131. The number of alkyl halides is 9. The van der Waals surface area contributed by atoms with Crippen molar-refractivity contribution >= 4 is 23.9 Å². The van der Waals surface area contributed by atoms with Crippen molar-refractivity contribution in [2.45, 2.75) is 48.6 Å². The SMILES string of the molecule is O=C1CC(C2CC3C(=O)OC(=O)C3c3cc(OCC(F)(F)C(F)(F)C(F)(F)C(F)(F)F)ccc32)C(=O)O1. The van der Waals surface area contributed by atoms with E-state index in [2.05, 4.69) is 14.2 Å². The highest BCUT2D eigenvalue weighted by Crippen LogP contribution is 2.54. The van der Waals surface area contributed by atoms with Crippen LogP contribution < -0.4 is 4.74 Å². The van der Waals surface area contributed by atoms with Gasteiger partial charge >= 0.3 is 47.8 Å². The first-order valence-electron chi connectivity index (χ1n) is 10.4. The smallest absolute Gasteiger partial charge is 0.460 e. The number of esters is 4. The summed E-state index contributed by atoms with van der Waals surface area (Å²) >= 11 is 0. The molecule has 0 saturated carbocycles. The molecule has 202 valence electrons. The van der Waals surface area contributed by atoms with Crippen LogP contribution in [0.4, 0.5) is 39.5 Å². The van der Waals surface area contributed by atoms with E-state index in [9.17, 15) is 58.7 Å². The first kappa shape index (κ1) is 26.7. The van der Waals surface area contributed by atoms with Crippen molar-refractivity contribution in [3.63, 3.8) is 0 Å². The maximum Gasteiger partial charge on any atom is 0.460 e. The van der Waals surface area contributed by atoms with Gasteiger partial charge in [-0.15, -0.1) is 0 Å². The summed E-state index contributed by atoms with van der Waals surface area (Å²) in [5.74, 6) is -29.1. The Balaban J connectivity index is 1.65. The summed E-state index contributed by atoms with van der Waals surface area (Å²) in [6.45, 7) is -2.62. The van der Waals surface area contributed by atoms with Gasteiger partial charge in [-0.05, 0) is 35.6 Å². The molecule has 0 aromatic heterocycles. The van der Waals surface area contributed by atoms with Gasteiger partial charge in [0.1, 0.15) is 5.75 Å². The summed E-state index contributed by atoms with van der Waals surface area (Å²) in [5, 5.41) is 0. The Bertz CT molecular complexity index is 1180. The molecule has 0 N–H and O–H groups in total. The van der Waals surface area contributed by atoms with E-state index < -0.39 is 83.8 Å². The van der Waals surface area contributed by atoms with Gasteiger partial charge in [-0.1, -0.05) is 6.07 Å². The molecule has 0 bridgehead atoms. The first-order valence-corrected chi connectivity index (χ1v) is 10.4. The molecule has 4 atom stereocenters. The number of fused-ring (bicyclic) bond motifs is 3. The van der Waals surface area contributed by atoms with Crippen LogP contribution in [-0.2, 0) is 28.7 Å². The van der Waals surface area contributed by atoms with Crippen LogP contribution in [0.2, 0.25) is 0 Å². The lowest BCUT2D eigenvalue weighted by Gasteiger charge is -2.34. The number of hydrogen-bond acceptors (Lipinski definition) is 7. The minimum absolute atomic E-state index is 0.127. The normalized spacial score (nSPS) is 26.5. The Morgan fingerprint density at radius 2 is 1.38 bits per heavy atom. The van der Waals surface area contributed by atoms with E-state index in [4.69, 9.17) is 0 Å². The minimum Gasteiger partial charge on any atom is -0.487 e. The van der Waals surface area contributed by atoms with E-state index >= 15 is 0 Å². The van der Waals surface area contributed by atoms with E-state index in [0.29, 0.717) is 0 Å². The molecule has 0 amide bonds. The van der Waals surface area contributed by atoms with Crippen molar-refractivity contribution in [3.05, 3.63) is 29.3 Å². The quantitative estimate of drug-likeness (QED) is 0.303. The highest BCUT2D eigenvalue weighted by atomic mass is 19.4. The number of rotatable bonds is 6. The van der Waals surface area contributed by atoms with Crippen molar-refractivity contribution in [2.75, 3.05) is 6.61 Å². The summed E-state index contributed by atoms with van der Waals surface area (Å²) in [4.78, 5) is 48.1. The van der Waals surface area contributed by atoms with Crippen LogP contribution in [0, 0.1) is 11.8 Å². The van der Waals surface area contributed by atoms with Gasteiger partial charge in [0, 0.05) is 0 Å². The zero-order valence-electron chi connectivity index (χ0n) is 17.9. The van der Waals surface area contributed by atoms with Crippen molar-refractivity contribution in [1.82, 2.24) is 0 Å². The highest BCUT2D eigenvalue weighted by molar-refractivity contribution is 6.01. The number of carbonyl (C=O) groups is 4. The Morgan fingerprint density at radius 1 is 0.757 bits per heavy atom. The topological polar surface area (TPSA) is 96.0 Å². The van der Waals surface area contributed by atoms with Crippen molar-refractivity contribution < 1.29 is 72.9 Å². The molecule has 2 heterocycles. The molecule has 7 nitrogen and oxygen atoms in total. The van der Waals surface area contributed by atoms with Crippen LogP contribution in [-0.4, -0.2) is 54.4 Å². The molecule has 2 saturated heterocycles. The number of carbonyl (C=O) groups excluding carboxylic acids is 4. The number of cyclic esters (lactones) is 4. The third kappa shape index (κ3) is 4.09. The Labute approximate surface area is 199 Å². The van der Waals surface area contributed by atoms with Gasteiger partial charge in [0.15, 0.2) is 6.61 Å². The Morgan fingerprint density at radius 3 is 1.95 bits per heavy atom. The Hall–Kier alpha value is -3.33. The third-order valence-electron chi connectivity index (χ3n) is 6.48. The second-order valence-electron chi connectivity index (χ2n) is 8.70. The molecular weight excluding hydrogens is 535 g/mol. The van der Waals surface area contributed by atoms with E-state index in [1.165, 1.54) is 0 Å². The average molecular weight is 548 g/mol. The predicted octanol–water partition coefficient (Wildman–Crippen LogP) is 3.89. The van der Waals surface area contributed by atoms with Gasteiger partial charge < -0.3 is 14.2 Å². The molecule has 1 aliphatic carbocycles. The molecule has 37 heavy (non-hydrogen) atoms. The van der Waals surface area contributed by atoms with Crippen molar-refractivity contribution in [2.24, 2.45) is 11.8 Å². The Kier molecular flexibility index (Phi) is 6.03. The van der Waals surface area contributed by atoms with Crippen LogP contribution in [0.5, 0.6) is 5.75 Å². The molecule has 3 aliphatic rings. The van der Waals surface area contributed by atoms with Gasteiger partial charge in [0.25, 0.3) is 0 Å². The highest BCUT2D eigenvalue weighted by Gasteiger charge is 2.82. The monoisotopic (exact) mass is 548 g/mol. The fraction of sp³-hybridized carbons (Fsp3) is 0.524. The second kappa shape index (κ2) is 8.34. The van der Waals surface area contributed by atoms with Crippen molar-refractivity contribution in [3.8, 4) is 5.75 Å². The molecule has 0 radical (unpaired) electrons. The maximum atomic E-state index is 13.9. The third-order valence-corrected chi connectivity index (χ3v) is 6.48. The fourth-order valence-corrected chi connectivity index (χ4v) is 4.62. The zero-order chi connectivity index (χ0) is 27.7. The molecule has 2 fully saturated rings. The van der Waals surface area contributed by atoms with Gasteiger partial charge in [0.2, 0.25) is 0 Å². The van der Waals surface area contributed by atoms with Crippen LogP contribution in [0.25, 0.3) is 0 Å². The second-order valence-corrected chi connectivity index (χ2v) is 8.70. The van der Waals surface area contributed by atoms with Gasteiger partial charge in [0.05, 0.1) is 24.2 Å². The van der Waals surface area contributed by atoms with E-state index in [1.54, 1.807) is 0 Å². The molecule has 16 heteroatoms. The summed E-state index contributed by atoms with van der Waals surface area (Å²) in [6.07, 6.45) is -7.52. The molecule has 0 spiro atoms. The lowest BCUT2D eigenvalue weighted by atomic mass is 9.67. The number of halogens is 9. The molecule has 2 aliphatic heterocycles. The first-order chi connectivity index (χ1) is 16.9. The number of ether oxygens (including phenoxy) is 3. The largest absolute Gasteiger partial charge is 0.487 e. The van der Waals surface area contributed by atoms with Crippen LogP contribution >= 0.6 is 0 Å². The van der Waals surface area contributed by atoms with Crippen LogP contribution in [0.15, 0.2) is 18.2 Å². The van der Waals surface area contributed by atoms with E-state index in [0.717, 1.165) is 18.2 Å². The summed E-state index contributed by atoms with van der Waals surface area (Å²) in [5.41, 5.74) is 0.0371. The predicted molar refractivity (Wildman–Crippen MR) is 96.7 cm³/mol. The van der Waals surface area contributed by atoms with Crippen LogP contribution in [0.3, 0.4) is 0 Å². The maximum absolute atomic E-state index is 13.9. The fourth-order valence-electron chi connectivity index (χ4n) is 4.62. The molecule has 4 rings (SSSR count). The minimum atomic E-state index is -7.09. The van der Waals surface area contributed by atoms with E-state index in [1.807, 2.05) is 0 Å². The molecule has 1 aromatic rings. The standard InChI is InChI=1S/C21H13F9O7/c22-18(23,19(24,25)20(26,27)21(28,29)30)6-35-7-1-2-8-9(11-5-13(31)36-15(11)32)4-12-14(10(8)3-7)17(34)37-16(12)33/h1-3,9,11-12,14H,4-6H2. The molecule has 4 unspecified atom stereocenters. The zero-order valence-corrected chi connectivity index (χ0v) is 17.9. The number of benzene rings is 1. The average Bonchev–Trinajstić information content (AvgIpc) is 3.27. The molecular formula is C21H13F9O7. The van der Waals surface area contributed by atoms with E-state index in [-0.39, 0.29) is 24.0 Å². The van der Waals surface area contributed by atoms with Crippen LogP contribution in [0.1, 0.15) is 35.8 Å². The lowest BCUT2D eigenvalue weighted by molar-refractivity contribution is -0.398. The summed E-state index contributed by atoms with van der Waals surface area (Å²) in [6, 6.07) is 2.77. The van der Waals surface area contributed by atoms with Crippen molar-refractivity contribution in [1.29, 1.82) is 0 Å². The van der Waals surface area contributed by atoms with Gasteiger partial charge in [-0.3, -0.25) is 19.2 Å². The van der Waals surface area contributed by atoms with Gasteiger partial charge in [-0.25, -0.2) is 0 Å². The summed E-state index contributed by atoms with van der Waals surface area (Å²) in [7, 11) is 0. The lowest BCUT2D eigenvalue weighted by Crippen LogP contribution is -2.62. The number of hydrogen-bond donors (Lipinski definition) is 0.